The van der Waals surface area contributed by atoms with Crippen molar-refractivity contribution in [3.8, 4) is 0 Å². The summed E-state index contributed by atoms with van der Waals surface area (Å²) in [4.78, 5) is 13.0. The van der Waals surface area contributed by atoms with Crippen LogP contribution in [0.5, 0.6) is 0 Å². The molecule has 1 aromatic heterocycles. The maximum absolute atomic E-state index is 13.0. The fourth-order valence-corrected chi connectivity index (χ4v) is 5.70. The molecule has 6 heteroatoms. The summed E-state index contributed by atoms with van der Waals surface area (Å²) >= 11 is 0. The third-order valence-electron chi connectivity index (χ3n) is 6.50. The largest absolute Gasteiger partial charge is 0.454 e. The Labute approximate surface area is 180 Å². The first kappa shape index (κ1) is 20.0. The van der Waals surface area contributed by atoms with E-state index in [1.54, 1.807) is 13.8 Å². The van der Waals surface area contributed by atoms with Crippen molar-refractivity contribution in [3.05, 3.63) is 52.3 Å². The molecule has 162 valence electrons. The SMILES string of the molecule is [2H]c1cc([C@H](C)C2CC2)c(CC(=O)C[S@](=N)(=O)c2cc(C(C)(C)O)co2)c2c1CCC2. The molecule has 0 amide bonds. The number of hydrogen-bond acceptors (Lipinski definition) is 5. The Kier molecular flexibility index (Phi) is 5.10. The van der Waals surface area contributed by atoms with E-state index in [4.69, 9.17) is 10.6 Å². The molecule has 1 heterocycles. The second-order valence-corrected chi connectivity index (χ2v) is 11.4. The Morgan fingerprint density at radius 2 is 2.17 bits per heavy atom. The number of carbonyl (C=O) groups is 1. The third-order valence-corrected chi connectivity index (χ3v) is 8.09. The number of carbonyl (C=O) groups excluding carboxylic acids is 1. The van der Waals surface area contributed by atoms with Gasteiger partial charge >= 0.3 is 0 Å². The molecule has 1 fully saturated rings. The van der Waals surface area contributed by atoms with Crippen molar-refractivity contribution in [2.45, 2.75) is 75.9 Å². The summed E-state index contributed by atoms with van der Waals surface area (Å²) < 4.78 is 35.0. The van der Waals surface area contributed by atoms with Crippen molar-refractivity contribution in [3.63, 3.8) is 0 Å². The second kappa shape index (κ2) is 7.65. The molecule has 0 bridgehead atoms. The number of fused-ring (bicyclic) bond motifs is 1. The van der Waals surface area contributed by atoms with Gasteiger partial charge in [0.05, 0.1) is 19.0 Å². The van der Waals surface area contributed by atoms with Crippen molar-refractivity contribution in [1.29, 1.82) is 4.78 Å². The highest BCUT2D eigenvalue weighted by atomic mass is 32.2. The first-order valence-electron chi connectivity index (χ1n) is 11.2. The Bertz CT molecular complexity index is 1120. The molecule has 2 aliphatic rings. The normalized spacial score (nSPS) is 19.8. The summed E-state index contributed by atoms with van der Waals surface area (Å²) in [7, 11) is -3.44. The maximum atomic E-state index is 13.0. The molecule has 0 radical (unpaired) electrons. The molecule has 4 rings (SSSR count). The van der Waals surface area contributed by atoms with Gasteiger partial charge in [-0.25, -0.2) is 8.99 Å². The molecule has 1 aromatic carbocycles. The van der Waals surface area contributed by atoms with Gasteiger partial charge in [0.25, 0.3) is 0 Å². The van der Waals surface area contributed by atoms with Gasteiger partial charge in [0.1, 0.15) is 9.73 Å². The van der Waals surface area contributed by atoms with Gasteiger partial charge in [-0.1, -0.05) is 19.0 Å². The topological polar surface area (TPSA) is 91.4 Å². The van der Waals surface area contributed by atoms with Crippen LogP contribution in [0.2, 0.25) is 0 Å². The van der Waals surface area contributed by atoms with E-state index >= 15 is 0 Å². The molecule has 0 unspecified atom stereocenters. The van der Waals surface area contributed by atoms with Crippen molar-refractivity contribution in [2.24, 2.45) is 5.92 Å². The van der Waals surface area contributed by atoms with Gasteiger partial charge in [-0.2, -0.15) is 0 Å². The predicted octanol–water partition coefficient (Wildman–Crippen LogP) is 4.73. The molecule has 2 aromatic rings. The van der Waals surface area contributed by atoms with Gasteiger partial charge < -0.3 is 9.52 Å². The van der Waals surface area contributed by atoms with E-state index in [0.717, 1.165) is 41.5 Å². The van der Waals surface area contributed by atoms with Gasteiger partial charge in [0.15, 0.2) is 10.9 Å². The average molecular weight is 431 g/mol. The summed E-state index contributed by atoms with van der Waals surface area (Å²) in [6.07, 6.45) is 6.54. The zero-order valence-electron chi connectivity index (χ0n) is 18.9. The van der Waals surface area contributed by atoms with Crippen LogP contribution < -0.4 is 0 Å². The zero-order chi connectivity index (χ0) is 22.6. The van der Waals surface area contributed by atoms with E-state index in [9.17, 15) is 14.1 Å². The Hall–Kier alpha value is -1.92. The van der Waals surface area contributed by atoms with E-state index in [1.165, 1.54) is 25.2 Å². The Morgan fingerprint density at radius 1 is 1.43 bits per heavy atom. The summed E-state index contributed by atoms with van der Waals surface area (Å²) in [5.41, 5.74) is 3.51. The molecule has 5 nitrogen and oxygen atoms in total. The van der Waals surface area contributed by atoms with Crippen LogP contribution in [0.3, 0.4) is 0 Å². The summed E-state index contributed by atoms with van der Waals surface area (Å²) in [6, 6.07) is 3.93. The van der Waals surface area contributed by atoms with Crippen LogP contribution in [-0.4, -0.2) is 20.9 Å². The lowest BCUT2D eigenvalue weighted by atomic mass is 9.86. The zero-order valence-corrected chi connectivity index (χ0v) is 18.7. The molecule has 2 aliphatic carbocycles. The Balaban J connectivity index is 1.60. The monoisotopic (exact) mass is 430 g/mol. The standard InChI is InChI=1S/C24H31NO4S/c1-15(16-7-8-16)20-10-9-17-5-4-6-21(17)22(20)12-19(26)14-30(25,28)23-11-18(13-29-23)24(2,3)27/h9-11,13,15-16,25,27H,4-8,12,14H2,1-3H3/t15-,30+/m1/s1/i9D. The highest BCUT2D eigenvalue weighted by molar-refractivity contribution is 7.93. The average Bonchev–Trinajstić information content (AvgIpc) is 3.17. The van der Waals surface area contributed by atoms with Crippen LogP contribution >= 0.6 is 0 Å². The number of ketones is 1. The number of furan rings is 1. The number of hydrogen-bond donors (Lipinski definition) is 2. The van der Waals surface area contributed by atoms with E-state index in [0.29, 0.717) is 23.4 Å². The van der Waals surface area contributed by atoms with E-state index in [2.05, 4.69) is 6.92 Å². The second-order valence-electron chi connectivity index (χ2n) is 9.41. The fourth-order valence-electron chi connectivity index (χ4n) is 4.48. The first-order valence-corrected chi connectivity index (χ1v) is 12.4. The lowest BCUT2D eigenvalue weighted by Gasteiger charge is -2.19. The summed E-state index contributed by atoms with van der Waals surface area (Å²) in [6.45, 7) is 5.34. The van der Waals surface area contributed by atoms with Crippen molar-refractivity contribution in [2.75, 3.05) is 5.75 Å². The minimum Gasteiger partial charge on any atom is -0.454 e. The molecular formula is C24H31NO4S. The van der Waals surface area contributed by atoms with Crippen LogP contribution in [-0.2, 0) is 39.4 Å². The lowest BCUT2D eigenvalue weighted by Crippen LogP contribution is -2.19. The lowest BCUT2D eigenvalue weighted by molar-refractivity contribution is -0.116. The fraction of sp³-hybridized carbons (Fsp3) is 0.542. The molecule has 0 aliphatic heterocycles. The first-order chi connectivity index (χ1) is 14.5. The van der Waals surface area contributed by atoms with Gasteiger partial charge in [-0.15, -0.1) is 0 Å². The summed E-state index contributed by atoms with van der Waals surface area (Å²) in [5, 5.41) is 10.0. The highest BCUT2D eigenvalue weighted by Gasteiger charge is 2.32. The Morgan fingerprint density at radius 3 is 2.80 bits per heavy atom. The number of Topliss-reactive ketones (excluding diaryl/α,β-unsaturated/α-hetero) is 1. The third kappa shape index (κ3) is 4.26. The summed E-state index contributed by atoms with van der Waals surface area (Å²) in [5.74, 6) is 0.242. The van der Waals surface area contributed by atoms with Gasteiger partial charge in [-0.3, -0.25) is 4.79 Å². The molecule has 2 atom stereocenters. The predicted molar refractivity (Wildman–Crippen MR) is 116 cm³/mol. The minimum absolute atomic E-state index is 0.0729. The quantitative estimate of drug-likeness (QED) is 0.633. The van der Waals surface area contributed by atoms with Crippen LogP contribution in [0.15, 0.2) is 33.9 Å². The van der Waals surface area contributed by atoms with Gasteiger partial charge in [0, 0.05) is 18.1 Å². The minimum atomic E-state index is -3.44. The van der Waals surface area contributed by atoms with Crippen LogP contribution in [0.1, 0.15) is 75.1 Å². The van der Waals surface area contributed by atoms with Crippen molar-refractivity contribution in [1.82, 2.24) is 0 Å². The van der Waals surface area contributed by atoms with Crippen molar-refractivity contribution >= 4 is 15.5 Å². The van der Waals surface area contributed by atoms with Gasteiger partial charge in [0.2, 0.25) is 0 Å². The number of benzene rings is 1. The number of rotatable bonds is 8. The van der Waals surface area contributed by atoms with Crippen LogP contribution in [0.4, 0.5) is 0 Å². The maximum Gasteiger partial charge on any atom is 0.199 e. The highest BCUT2D eigenvalue weighted by Crippen LogP contribution is 2.44. The molecule has 0 spiro atoms. The van der Waals surface area contributed by atoms with E-state index in [-0.39, 0.29) is 17.3 Å². The van der Waals surface area contributed by atoms with Crippen LogP contribution in [0.25, 0.3) is 0 Å². The van der Waals surface area contributed by atoms with Crippen molar-refractivity contribution < 1.29 is 19.9 Å². The van der Waals surface area contributed by atoms with E-state index in [1.807, 2.05) is 6.07 Å². The number of nitrogens with one attached hydrogen (secondary N) is 1. The van der Waals surface area contributed by atoms with Crippen LogP contribution in [0, 0.1) is 10.7 Å². The van der Waals surface area contributed by atoms with E-state index < -0.39 is 21.1 Å². The molecule has 1 saturated carbocycles. The molecule has 2 N–H and O–H groups in total. The number of aliphatic hydroxyl groups is 1. The van der Waals surface area contributed by atoms with Gasteiger partial charge in [-0.05, 0) is 80.0 Å². The molecule has 30 heavy (non-hydrogen) atoms. The molecule has 0 saturated heterocycles. The smallest absolute Gasteiger partial charge is 0.199 e. The molecular weight excluding hydrogens is 398 g/mol.